The van der Waals surface area contributed by atoms with E-state index in [1.165, 1.54) is 6.33 Å². The van der Waals surface area contributed by atoms with Crippen LogP contribution < -0.4 is 10.9 Å². The summed E-state index contributed by atoms with van der Waals surface area (Å²) in [6, 6.07) is 16.5. The van der Waals surface area contributed by atoms with Crippen LogP contribution in [0.15, 0.2) is 65.7 Å². The second-order valence-corrected chi connectivity index (χ2v) is 7.84. The molecule has 2 aromatic carbocycles. The number of anilines is 1. The van der Waals surface area contributed by atoms with Crippen molar-refractivity contribution in [1.29, 1.82) is 0 Å². The highest BCUT2D eigenvalue weighted by Gasteiger charge is 2.20. The predicted molar refractivity (Wildman–Crippen MR) is 123 cm³/mol. The molecule has 0 aliphatic heterocycles. The average Bonchev–Trinajstić information content (AvgIpc) is 3.16. The first-order valence-electron chi connectivity index (χ1n) is 9.55. The third-order valence-electron chi connectivity index (χ3n) is 5.15. The number of halogens is 2. The van der Waals surface area contributed by atoms with Crippen molar-refractivity contribution >= 4 is 50.8 Å². The van der Waals surface area contributed by atoms with Crippen molar-refractivity contribution in [3.8, 4) is 5.69 Å². The fourth-order valence-corrected chi connectivity index (χ4v) is 4.20. The molecule has 9 heteroatoms. The maximum absolute atomic E-state index is 13.5. The van der Waals surface area contributed by atoms with Crippen LogP contribution in [0.25, 0.3) is 27.5 Å². The summed E-state index contributed by atoms with van der Waals surface area (Å²) in [6.45, 7) is 1.95. The number of aromatic amines is 1. The normalized spacial score (nSPS) is 12.4. The summed E-state index contributed by atoms with van der Waals surface area (Å²) in [5, 5.41) is 12.7. The molecule has 0 amide bonds. The van der Waals surface area contributed by atoms with Gasteiger partial charge in [-0.2, -0.15) is 5.10 Å². The molecule has 1 atom stereocenters. The number of nitrogens with one attached hydrogen (secondary N) is 2. The van der Waals surface area contributed by atoms with E-state index in [0.29, 0.717) is 27.3 Å². The number of hydrogen-bond donors (Lipinski definition) is 2. The van der Waals surface area contributed by atoms with Gasteiger partial charge in [0.25, 0.3) is 5.56 Å². The predicted octanol–water partition coefficient (Wildman–Crippen LogP) is 5.14. The van der Waals surface area contributed by atoms with Gasteiger partial charge in [0.15, 0.2) is 10.8 Å². The van der Waals surface area contributed by atoms with Crippen molar-refractivity contribution in [1.82, 2.24) is 24.7 Å². The largest absolute Gasteiger partial charge is 0.361 e. The minimum atomic E-state index is -0.305. The molecular weight excluding hydrogens is 435 g/mol. The van der Waals surface area contributed by atoms with Crippen LogP contribution in [0.2, 0.25) is 10.2 Å². The summed E-state index contributed by atoms with van der Waals surface area (Å²) in [5.74, 6) is 0.523. The van der Waals surface area contributed by atoms with Crippen molar-refractivity contribution in [3.05, 3.63) is 87.1 Å². The zero-order valence-corrected chi connectivity index (χ0v) is 17.8. The molecule has 0 unspecified atom stereocenters. The van der Waals surface area contributed by atoms with Gasteiger partial charge >= 0.3 is 0 Å². The lowest BCUT2D eigenvalue weighted by molar-refractivity contribution is 0.774. The van der Waals surface area contributed by atoms with E-state index in [4.69, 9.17) is 23.2 Å². The molecule has 0 radical (unpaired) electrons. The molecule has 7 nitrogen and oxygen atoms in total. The van der Waals surface area contributed by atoms with Gasteiger partial charge < -0.3 is 5.32 Å². The van der Waals surface area contributed by atoms with E-state index in [9.17, 15) is 4.79 Å². The lowest BCUT2D eigenvalue weighted by Crippen LogP contribution is -2.25. The van der Waals surface area contributed by atoms with Crippen molar-refractivity contribution in [2.45, 2.75) is 13.0 Å². The number of pyridine rings is 1. The van der Waals surface area contributed by atoms with Crippen LogP contribution in [-0.4, -0.2) is 24.7 Å². The Bertz CT molecular complexity index is 1480. The van der Waals surface area contributed by atoms with Gasteiger partial charge in [-0.15, -0.1) is 0 Å². The van der Waals surface area contributed by atoms with Crippen molar-refractivity contribution in [2.24, 2.45) is 0 Å². The number of rotatable bonds is 4. The van der Waals surface area contributed by atoms with Crippen LogP contribution in [0.1, 0.15) is 18.7 Å². The molecule has 5 rings (SSSR count). The van der Waals surface area contributed by atoms with Gasteiger partial charge in [-0.3, -0.25) is 14.5 Å². The Kier molecular flexibility index (Phi) is 4.84. The molecule has 0 saturated carbocycles. The average molecular weight is 451 g/mol. The highest BCUT2D eigenvalue weighted by atomic mass is 35.5. The summed E-state index contributed by atoms with van der Waals surface area (Å²) in [6.07, 6.45) is 1.43. The highest BCUT2D eigenvalue weighted by molar-refractivity contribution is 6.35. The van der Waals surface area contributed by atoms with Gasteiger partial charge in [0.1, 0.15) is 17.5 Å². The lowest BCUT2D eigenvalue weighted by Gasteiger charge is -2.21. The van der Waals surface area contributed by atoms with E-state index >= 15 is 0 Å². The minimum absolute atomic E-state index is 0.188. The Morgan fingerprint density at radius 1 is 1.03 bits per heavy atom. The first-order chi connectivity index (χ1) is 15.0. The highest BCUT2D eigenvalue weighted by Crippen LogP contribution is 2.30. The van der Waals surface area contributed by atoms with Crippen molar-refractivity contribution in [2.75, 3.05) is 5.32 Å². The summed E-state index contributed by atoms with van der Waals surface area (Å²) < 4.78 is 1.67. The summed E-state index contributed by atoms with van der Waals surface area (Å²) in [4.78, 5) is 22.0. The zero-order valence-electron chi connectivity index (χ0n) is 16.3. The molecule has 2 N–H and O–H groups in total. The molecule has 0 bridgehead atoms. The maximum atomic E-state index is 13.5. The van der Waals surface area contributed by atoms with E-state index in [2.05, 4.69) is 25.5 Å². The summed E-state index contributed by atoms with van der Waals surface area (Å²) in [5.41, 5.74) is 1.83. The Labute approximate surface area is 186 Å². The first-order valence-corrected chi connectivity index (χ1v) is 10.3. The first kappa shape index (κ1) is 19.5. The molecule has 0 spiro atoms. The van der Waals surface area contributed by atoms with E-state index in [-0.39, 0.29) is 16.8 Å². The lowest BCUT2D eigenvalue weighted by atomic mass is 10.1. The third-order valence-corrected chi connectivity index (χ3v) is 5.74. The zero-order chi connectivity index (χ0) is 21.5. The van der Waals surface area contributed by atoms with Gasteiger partial charge in [-0.05, 0) is 36.6 Å². The molecule has 0 fully saturated rings. The van der Waals surface area contributed by atoms with E-state index in [1.807, 2.05) is 55.5 Å². The van der Waals surface area contributed by atoms with Gasteiger partial charge in [0.2, 0.25) is 0 Å². The minimum Gasteiger partial charge on any atom is -0.361 e. The topological polar surface area (TPSA) is 88.5 Å². The molecular formula is C22H16Cl2N6O. The van der Waals surface area contributed by atoms with Crippen molar-refractivity contribution in [3.63, 3.8) is 0 Å². The standard InChI is InChI=1S/C22H16Cl2N6O/c1-12(27-20-18-19(24)28-29-21(18)26-11-25-20)16-10-13-6-5-9-15(23)17(13)22(31)30(16)14-7-3-2-4-8-14/h2-12H,1H3,(H2,25,26,27,28,29)/t12-/m0/s1. The van der Waals surface area contributed by atoms with Crippen molar-refractivity contribution < 1.29 is 0 Å². The van der Waals surface area contributed by atoms with Gasteiger partial charge in [-0.25, -0.2) is 9.97 Å². The monoisotopic (exact) mass is 450 g/mol. The van der Waals surface area contributed by atoms with Gasteiger partial charge in [0.05, 0.1) is 16.5 Å². The number of benzene rings is 2. The van der Waals surface area contributed by atoms with Gasteiger partial charge in [0, 0.05) is 11.4 Å². The molecule has 0 aliphatic rings. The fraction of sp³-hybridized carbons (Fsp3) is 0.0909. The van der Waals surface area contributed by atoms with E-state index in [1.54, 1.807) is 10.6 Å². The number of fused-ring (bicyclic) bond motifs is 2. The molecule has 3 aromatic heterocycles. The van der Waals surface area contributed by atoms with Crippen LogP contribution in [0.4, 0.5) is 5.82 Å². The summed E-state index contributed by atoms with van der Waals surface area (Å²) in [7, 11) is 0. The number of hydrogen-bond acceptors (Lipinski definition) is 5. The Morgan fingerprint density at radius 2 is 1.84 bits per heavy atom. The number of aromatic nitrogens is 5. The van der Waals surface area contributed by atoms with Crippen LogP contribution in [0, 0.1) is 0 Å². The molecule has 0 aliphatic carbocycles. The SMILES string of the molecule is C[C@H](Nc1ncnc2[nH]nc(Cl)c12)c1cc2cccc(Cl)c2c(=O)n1-c1ccccc1. The number of H-pyrrole nitrogens is 1. The van der Waals surface area contributed by atoms with Gasteiger partial charge in [-0.1, -0.05) is 53.5 Å². The molecule has 0 saturated heterocycles. The molecule has 5 aromatic rings. The van der Waals surface area contributed by atoms with E-state index in [0.717, 1.165) is 16.8 Å². The quantitative estimate of drug-likeness (QED) is 0.395. The molecule has 31 heavy (non-hydrogen) atoms. The van der Waals surface area contributed by atoms with Crippen LogP contribution >= 0.6 is 23.2 Å². The molecule has 3 heterocycles. The Hall–Kier alpha value is -3.42. The summed E-state index contributed by atoms with van der Waals surface area (Å²) >= 11 is 12.6. The Morgan fingerprint density at radius 3 is 2.65 bits per heavy atom. The maximum Gasteiger partial charge on any atom is 0.264 e. The Balaban J connectivity index is 1.71. The number of para-hydroxylation sites is 1. The smallest absolute Gasteiger partial charge is 0.264 e. The fourth-order valence-electron chi connectivity index (χ4n) is 3.71. The third kappa shape index (κ3) is 3.32. The van der Waals surface area contributed by atoms with E-state index < -0.39 is 0 Å². The second kappa shape index (κ2) is 7.68. The molecule has 154 valence electrons. The second-order valence-electron chi connectivity index (χ2n) is 7.08. The van der Waals surface area contributed by atoms with Crippen LogP contribution in [0.3, 0.4) is 0 Å². The number of nitrogens with zero attached hydrogens (tertiary/aromatic N) is 4. The van der Waals surface area contributed by atoms with Crippen LogP contribution in [0.5, 0.6) is 0 Å². The van der Waals surface area contributed by atoms with Crippen LogP contribution in [-0.2, 0) is 0 Å².